The van der Waals surface area contributed by atoms with E-state index in [2.05, 4.69) is 4.90 Å². The van der Waals surface area contributed by atoms with Gasteiger partial charge in [-0.2, -0.15) is 0 Å². The highest BCUT2D eigenvalue weighted by atomic mass is 16.6. The topological polar surface area (TPSA) is 29.5 Å². The number of carbonyl (C=O) groups is 1. The van der Waals surface area contributed by atoms with E-state index in [4.69, 9.17) is 4.74 Å². The number of fused-ring (bicyclic) bond motifs is 3. The standard InChI is InChI=1S/C15H21N2O2/c1-13(17-10-7-16(8-11-17)9-12-17)19-15(18)14-5-3-2-4-6-14/h2-6,13H,7-12H2,1H3/q+1. The van der Waals surface area contributed by atoms with Crippen LogP contribution in [0.5, 0.6) is 0 Å². The van der Waals surface area contributed by atoms with Crippen molar-refractivity contribution in [1.82, 2.24) is 4.90 Å². The van der Waals surface area contributed by atoms with Crippen molar-refractivity contribution in [2.24, 2.45) is 0 Å². The lowest BCUT2D eigenvalue weighted by molar-refractivity contribution is -0.978. The third kappa shape index (κ3) is 2.38. The van der Waals surface area contributed by atoms with Crippen LogP contribution in [0.3, 0.4) is 0 Å². The Bertz CT molecular complexity index is 439. The number of piperazine rings is 3. The fraction of sp³-hybridized carbons (Fsp3) is 0.533. The van der Waals surface area contributed by atoms with E-state index in [0.717, 1.165) is 43.8 Å². The van der Waals surface area contributed by atoms with E-state index in [1.165, 1.54) is 0 Å². The SMILES string of the molecule is CC(OC(=O)c1ccccc1)[N+]12CCN(CC1)CC2. The first-order chi connectivity index (χ1) is 9.20. The molecular weight excluding hydrogens is 240 g/mol. The quantitative estimate of drug-likeness (QED) is 0.607. The van der Waals surface area contributed by atoms with Gasteiger partial charge in [-0.1, -0.05) is 18.2 Å². The molecule has 3 saturated heterocycles. The van der Waals surface area contributed by atoms with Crippen LogP contribution in [0.2, 0.25) is 0 Å². The molecule has 0 aromatic heterocycles. The molecule has 3 heterocycles. The predicted molar refractivity (Wildman–Crippen MR) is 72.6 cm³/mol. The van der Waals surface area contributed by atoms with Gasteiger partial charge < -0.3 is 4.74 Å². The summed E-state index contributed by atoms with van der Waals surface area (Å²) in [6.07, 6.45) is -0.0462. The fourth-order valence-corrected chi connectivity index (χ4v) is 3.15. The Morgan fingerprint density at radius 2 is 1.74 bits per heavy atom. The molecule has 3 aliphatic rings. The Kier molecular flexibility index (Phi) is 3.29. The van der Waals surface area contributed by atoms with Crippen LogP contribution in [0.15, 0.2) is 30.3 Å². The summed E-state index contributed by atoms with van der Waals surface area (Å²) in [6, 6.07) is 9.26. The molecule has 0 aliphatic carbocycles. The Morgan fingerprint density at radius 3 is 2.32 bits per heavy atom. The summed E-state index contributed by atoms with van der Waals surface area (Å²) in [4.78, 5) is 14.6. The van der Waals surface area contributed by atoms with Crippen molar-refractivity contribution >= 4 is 5.97 Å². The maximum Gasteiger partial charge on any atom is 0.342 e. The van der Waals surface area contributed by atoms with Gasteiger partial charge in [0.25, 0.3) is 0 Å². The number of benzene rings is 1. The van der Waals surface area contributed by atoms with Gasteiger partial charge in [0.1, 0.15) is 0 Å². The molecule has 3 fully saturated rings. The monoisotopic (exact) mass is 261 g/mol. The number of rotatable bonds is 3. The Morgan fingerprint density at radius 1 is 1.16 bits per heavy atom. The molecule has 0 radical (unpaired) electrons. The molecule has 1 unspecified atom stereocenters. The van der Waals surface area contributed by atoms with Crippen molar-refractivity contribution in [3.05, 3.63) is 35.9 Å². The van der Waals surface area contributed by atoms with Crippen LogP contribution < -0.4 is 0 Å². The molecule has 1 aromatic rings. The summed E-state index contributed by atoms with van der Waals surface area (Å²) < 4.78 is 6.65. The average molecular weight is 261 g/mol. The lowest BCUT2D eigenvalue weighted by Crippen LogP contribution is -2.70. The van der Waals surface area contributed by atoms with Crippen LogP contribution >= 0.6 is 0 Å². The predicted octanol–water partition coefficient (Wildman–Crippen LogP) is 1.34. The number of nitrogens with zero attached hydrogens (tertiary/aromatic N) is 2. The third-order valence-electron chi connectivity index (χ3n) is 4.64. The van der Waals surface area contributed by atoms with Crippen LogP contribution in [-0.2, 0) is 4.74 Å². The maximum atomic E-state index is 12.1. The van der Waals surface area contributed by atoms with Crippen molar-refractivity contribution in [1.29, 1.82) is 0 Å². The van der Waals surface area contributed by atoms with E-state index in [0.29, 0.717) is 5.56 Å². The first-order valence-corrected chi connectivity index (χ1v) is 7.04. The molecule has 0 N–H and O–H groups in total. The highest BCUT2D eigenvalue weighted by molar-refractivity contribution is 5.89. The summed E-state index contributed by atoms with van der Waals surface area (Å²) in [5, 5.41) is 0. The zero-order valence-electron chi connectivity index (χ0n) is 11.4. The minimum Gasteiger partial charge on any atom is -0.409 e. The molecule has 4 rings (SSSR count). The highest BCUT2D eigenvalue weighted by Gasteiger charge is 2.44. The minimum absolute atomic E-state index is 0.0462. The minimum atomic E-state index is -0.200. The molecule has 4 heteroatoms. The number of hydrogen-bond acceptors (Lipinski definition) is 3. The molecule has 1 atom stereocenters. The first-order valence-electron chi connectivity index (χ1n) is 7.04. The first kappa shape index (κ1) is 12.6. The number of ether oxygens (including phenoxy) is 1. The van der Waals surface area contributed by atoms with Crippen LogP contribution in [0, 0.1) is 0 Å². The summed E-state index contributed by atoms with van der Waals surface area (Å²) in [6.45, 7) is 8.74. The van der Waals surface area contributed by atoms with Crippen molar-refractivity contribution in [2.45, 2.75) is 13.2 Å². The third-order valence-corrected chi connectivity index (χ3v) is 4.64. The van der Waals surface area contributed by atoms with Gasteiger partial charge in [-0.05, 0) is 12.1 Å². The molecule has 19 heavy (non-hydrogen) atoms. The van der Waals surface area contributed by atoms with Gasteiger partial charge in [0.05, 0.1) is 25.2 Å². The molecule has 3 aliphatic heterocycles. The van der Waals surface area contributed by atoms with E-state index in [-0.39, 0.29) is 12.2 Å². The Balaban J connectivity index is 1.68. The lowest BCUT2D eigenvalue weighted by Gasteiger charge is -2.52. The summed E-state index contributed by atoms with van der Waals surface area (Å²) in [5.41, 5.74) is 0.642. The molecule has 1 aromatic carbocycles. The van der Waals surface area contributed by atoms with Crippen molar-refractivity contribution in [2.75, 3.05) is 39.3 Å². The Hall–Kier alpha value is -1.39. The molecular formula is C15H21N2O2+. The molecule has 4 nitrogen and oxygen atoms in total. The molecule has 102 valence electrons. The molecule has 0 amide bonds. The van der Waals surface area contributed by atoms with Crippen LogP contribution in [-0.4, -0.2) is 60.8 Å². The van der Waals surface area contributed by atoms with E-state index >= 15 is 0 Å². The van der Waals surface area contributed by atoms with Crippen LogP contribution in [0.25, 0.3) is 0 Å². The molecule has 2 bridgehead atoms. The zero-order chi connectivity index (χ0) is 13.3. The normalized spacial score (nSPS) is 30.9. The number of esters is 1. The van der Waals surface area contributed by atoms with Gasteiger partial charge in [0.15, 0.2) is 0 Å². The summed E-state index contributed by atoms with van der Waals surface area (Å²) in [7, 11) is 0. The van der Waals surface area contributed by atoms with Crippen LogP contribution in [0.4, 0.5) is 0 Å². The van der Waals surface area contributed by atoms with Crippen LogP contribution in [0.1, 0.15) is 17.3 Å². The van der Waals surface area contributed by atoms with Gasteiger partial charge in [0.2, 0.25) is 6.23 Å². The Labute approximate surface area is 114 Å². The van der Waals surface area contributed by atoms with Gasteiger partial charge in [0, 0.05) is 26.6 Å². The maximum absolute atomic E-state index is 12.1. The molecule has 0 spiro atoms. The largest absolute Gasteiger partial charge is 0.409 e. The molecule has 0 saturated carbocycles. The van der Waals surface area contributed by atoms with Gasteiger partial charge >= 0.3 is 5.97 Å². The van der Waals surface area contributed by atoms with E-state index in [1.54, 1.807) is 0 Å². The second kappa shape index (κ2) is 4.94. The second-order valence-electron chi connectivity index (χ2n) is 5.60. The average Bonchev–Trinajstić information content (AvgIpc) is 2.50. The van der Waals surface area contributed by atoms with E-state index < -0.39 is 0 Å². The number of quaternary nitrogens is 1. The van der Waals surface area contributed by atoms with Gasteiger partial charge in [-0.3, -0.25) is 9.38 Å². The zero-order valence-corrected chi connectivity index (χ0v) is 11.4. The van der Waals surface area contributed by atoms with E-state index in [1.807, 2.05) is 37.3 Å². The van der Waals surface area contributed by atoms with Gasteiger partial charge in [-0.15, -0.1) is 0 Å². The van der Waals surface area contributed by atoms with Crippen molar-refractivity contribution < 1.29 is 14.0 Å². The lowest BCUT2D eigenvalue weighted by atomic mass is 10.1. The van der Waals surface area contributed by atoms with Crippen molar-refractivity contribution in [3.63, 3.8) is 0 Å². The smallest absolute Gasteiger partial charge is 0.342 e. The summed E-state index contributed by atoms with van der Waals surface area (Å²) >= 11 is 0. The summed E-state index contributed by atoms with van der Waals surface area (Å²) in [5.74, 6) is -0.200. The highest BCUT2D eigenvalue weighted by Crippen LogP contribution is 2.24. The number of carbonyl (C=O) groups excluding carboxylic acids is 1. The second-order valence-corrected chi connectivity index (χ2v) is 5.60. The number of hydrogen-bond donors (Lipinski definition) is 0. The van der Waals surface area contributed by atoms with E-state index in [9.17, 15) is 4.79 Å². The van der Waals surface area contributed by atoms with Crippen molar-refractivity contribution in [3.8, 4) is 0 Å². The van der Waals surface area contributed by atoms with Gasteiger partial charge in [-0.25, -0.2) is 4.79 Å². The fourth-order valence-electron chi connectivity index (χ4n) is 3.15.